The van der Waals surface area contributed by atoms with Gasteiger partial charge in [-0.2, -0.15) is 4.40 Å². The van der Waals surface area contributed by atoms with Crippen LogP contribution in [0.4, 0.5) is 11.5 Å². The number of benzene rings is 1. The summed E-state index contributed by atoms with van der Waals surface area (Å²) in [5.41, 5.74) is 1.67. The van der Waals surface area contributed by atoms with Crippen LogP contribution < -0.4 is 19.2 Å². The van der Waals surface area contributed by atoms with Gasteiger partial charge in [0.1, 0.15) is 13.2 Å². The van der Waals surface area contributed by atoms with Gasteiger partial charge in [0, 0.05) is 6.07 Å². The van der Waals surface area contributed by atoms with E-state index in [1.165, 1.54) is 0 Å². The van der Waals surface area contributed by atoms with Crippen LogP contribution in [-0.2, 0) is 0 Å². The molecule has 4 heterocycles. The molecule has 7 nitrogen and oxygen atoms in total. The fourth-order valence-electron chi connectivity index (χ4n) is 2.94. The van der Waals surface area contributed by atoms with Crippen LogP contribution in [0.15, 0.2) is 57.9 Å². The molecule has 4 aromatic rings. The standard InChI is InChI=1S/C18H13BrN4O3/c19-15-5-4-13(26-15)16-17(23-7-1-6-20-18(23)22-16)21-11-2-3-12-14(10-11)25-9-8-24-12/h1-7,10,21H,8-9H2/p+1. The Labute approximate surface area is 156 Å². The molecular formula is C18H14BrN4O3+. The number of H-pyrrole nitrogens is 1. The number of nitrogens with zero attached hydrogens (tertiary/aromatic N) is 2. The second-order valence-corrected chi connectivity index (χ2v) is 6.53. The first kappa shape index (κ1) is 15.3. The molecule has 26 heavy (non-hydrogen) atoms. The van der Waals surface area contributed by atoms with Gasteiger partial charge in [-0.15, -0.1) is 4.98 Å². The van der Waals surface area contributed by atoms with Gasteiger partial charge in [-0.3, -0.25) is 10.3 Å². The van der Waals surface area contributed by atoms with Crippen molar-refractivity contribution in [2.75, 3.05) is 18.5 Å². The van der Waals surface area contributed by atoms with Crippen LogP contribution in [0.5, 0.6) is 11.5 Å². The van der Waals surface area contributed by atoms with Gasteiger partial charge in [-0.25, -0.2) is 0 Å². The van der Waals surface area contributed by atoms with E-state index in [2.05, 4.69) is 31.2 Å². The molecule has 0 saturated carbocycles. The van der Waals surface area contributed by atoms with E-state index in [4.69, 9.17) is 13.9 Å². The molecule has 0 bridgehead atoms. The lowest BCUT2D eigenvalue weighted by molar-refractivity contribution is -0.496. The lowest BCUT2D eigenvalue weighted by Crippen LogP contribution is -2.23. The lowest BCUT2D eigenvalue weighted by Gasteiger charge is -2.18. The van der Waals surface area contributed by atoms with E-state index in [1.54, 1.807) is 6.20 Å². The van der Waals surface area contributed by atoms with Crippen LogP contribution >= 0.6 is 15.9 Å². The Morgan fingerprint density at radius 3 is 2.85 bits per heavy atom. The highest BCUT2D eigenvalue weighted by Crippen LogP contribution is 2.35. The number of nitrogens with one attached hydrogen (secondary N) is 2. The van der Waals surface area contributed by atoms with Gasteiger partial charge in [0.25, 0.3) is 0 Å². The number of ether oxygens (including phenoxy) is 2. The van der Waals surface area contributed by atoms with E-state index in [-0.39, 0.29) is 0 Å². The van der Waals surface area contributed by atoms with E-state index >= 15 is 0 Å². The third kappa shape index (κ3) is 2.59. The van der Waals surface area contributed by atoms with Gasteiger partial charge < -0.3 is 13.9 Å². The highest BCUT2D eigenvalue weighted by Gasteiger charge is 2.23. The maximum absolute atomic E-state index is 5.73. The summed E-state index contributed by atoms with van der Waals surface area (Å²) in [7, 11) is 0. The number of halogens is 1. The summed E-state index contributed by atoms with van der Waals surface area (Å²) in [6, 6.07) is 11.4. The summed E-state index contributed by atoms with van der Waals surface area (Å²) in [4.78, 5) is 7.67. The molecular weight excluding hydrogens is 400 g/mol. The van der Waals surface area contributed by atoms with Crippen molar-refractivity contribution in [3.05, 3.63) is 53.5 Å². The molecule has 5 rings (SSSR count). The summed E-state index contributed by atoms with van der Waals surface area (Å²) in [6.07, 6.45) is 3.67. The molecule has 130 valence electrons. The molecule has 8 heteroatoms. The van der Waals surface area contributed by atoms with Gasteiger partial charge in [0.2, 0.25) is 5.82 Å². The fraction of sp³-hybridized carbons (Fsp3) is 0.111. The largest absolute Gasteiger partial charge is 0.486 e. The number of aromatic amines is 1. The van der Waals surface area contributed by atoms with Gasteiger partial charge in [-0.05, 0) is 46.3 Å². The Hall–Kier alpha value is -3.00. The van der Waals surface area contributed by atoms with Crippen LogP contribution in [0.1, 0.15) is 0 Å². The van der Waals surface area contributed by atoms with E-state index in [9.17, 15) is 0 Å². The number of furan rings is 1. The number of hydrogen-bond acceptors (Lipinski definition) is 5. The molecule has 2 N–H and O–H groups in total. The smallest absolute Gasteiger partial charge is 0.356 e. The van der Waals surface area contributed by atoms with Gasteiger partial charge in [0.05, 0.1) is 18.1 Å². The average molecular weight is 414 g/mol. The number of anilines is 2. The Morgan fingerprint density at radius 1 is 1.12 bits per heavy atom. The average Bonchev–Trinajstić information content (AvgIpc) is 3.26. The number of aromatic nitrogens is 3. The normalized spacial score (nSPS) is 13.1. The maximum Gasteiger partial charge on any atom is 0.356 e. The molecule has 3 aromatic heterocycles. The second-order valence-electron chi connectivity index (χ2n) is 5.75. The number of imidazole rings is 1. The van der Waals surface area contributed by atoms with E-state index in [0.717, 1.165) is 28.7 Å². The summed E-state index contributed by atoms with van der Waals surface area (Å²) in [6.45, 7) is 1.12. The van der Waals surface area contributed by atoms with Crippen molar-refractivity contribution in [2.24, 2.45) is 0 Å². The number of rotatable bonds is 3. The Kier molecular flexibility index (Phi) is 3.56. The zero-order chi connectivity index (χ0) is 17.5. The molecule has 0 spiro atoms. The molecule has 0 unspecified atom stereocenters. The molecule has 1 aliphatic heterocycles. The summed E-state index contributed by atoms with van der Waals surface area (Å²) in [5.74, 6) is 3.70. The van der Waals surface area contributed by atoms with Crippen molar-refractivity contribution >= 4 is 33.2 Å². The van der Waals surface area contributed by atoms with Crippen molar-refractivity contribution < 1.29 is 18.3 Å². The highest BCUT2D eigenvalue weighted by atomic mass is 79.9. The van der Waals surface area contributed by atoms with Gasteiger partial charge in [-0.1, -0.05) is 0 Å². The Bertz CT molecular complexity index is 1100. The van der Waals surface area contributed by atoms with Gasteiger partial charge >= 0.3 is 5.78 Å². The molecule has 0 aliphatic carbocycles. The maximum atomic E-state index is 5.73. The first-order valence-electron chi connectivity index (χ1n) is 8.09. The second kappa shape index (κ2) is 6.06. The van der Waals surface area contributed by atoms with Crippen molar-refractivity contribution in [3.8, 4) is 23.0 Å². The highest BCUT2D eigenvalue weighted by molar-refractivity contribution is 9.10. The molecule has 0 radical (unpaired) electrons. The van der Waals surface area contributed by atoms with Crippen molar-refractivity contribution in [3.63, 3.8) is 0 Å². The third-order valence-electron chi connectivity index (χ3n) is 4.09. The summed E-state index contributed by atoms with van der Waals surface area (Å²) < 4.78 is 19.6. The van der Waals surface area contributed by atoms with E-state index < -0.39 is 0 Å². The lowest BCUT2D eigenvalue weighted by atomic mass is 10.2. The number of hydrogen-bond donors (Lipinski definition) is 2. The van der Waals surface area contributed by atoms with Crippen molar-refractivity contribution in [1.82, 2.24) is 9.97 Å². The molecule has 1 aromatic carbocycles. The Balaban J connectivity index is 1.61. The van der Waals surface area contributed by atoms with E-state index in [1.807, 2.05) is 47.0 Å². The number of fused-ring (bicyclic) bond motifs is 2. The summed E-state index contributed by atoms with van der Waals surface area (Å²) in [5, 5.41) is 3.43. The first-order chi connectivity index (χ1) is 12.8. The molecule has 0 fully saturated rings. The van der Waals surface area contributed by atoms with Crippen molar-refractivity contribution in [1.29, 1.82) is 0 Å². The minimum Gasteiger partial charge on any atom is -0.486 e. The van der Waals surface area contributed by atoms with Crippen LogP contribution in [-0.4, -0.2) is 23.2 Å². The van der Waals surface area contributed by atoms with Crippen molar-refractivity contribution in [2.45, 2.75) is 0 Å². The minimum absolute atomic E-state index is 0.549. The van der Waals surface area contributed by atoms with Crippen LogP contribution in [0.25, 0.3) is 17.2 Å². The van der Waals surface area contributed by atoms with Crippen LogP contribution in [0, 0.1) is 0 Å². The monoisotopic (exact) mass is 413 g/mol. The molecule has 1 aliphatic rings. The third-order valence-corrected chi connectivity index (χ3v) is 4.51. The SMILES string of the molecule is Brc1ccc(-c2[nH]c3nccc[n+]3c2Nc2ccc3c(c2)OCCO3)o1. The van der Waals surface area contributed by atoms with Crippen LogP contribution in [0.3, 0.4) is 0 Å². The molecule has 0 atom stereocenters. The summed E-state index contributed by atoms with van der Waals surface area (Å²) >= 11 is 3.35. The zero-order valence-corrected chi connectivity index (χ0v) is 15.1. The zero-order valence-electron chi connectivity index (χ0n) is 13.5. The Morgan fingerprint density at radius 2 is 2.00 bits per heavy atom. The van der Waals surface area contributed by atoms with Gasteiger partial charge in [0.15, 0.2) is 27.6 Å². The first-order valence-corrected chi connectivity index (χ1v) is 8.88. The van der Waals surface area contributed by atoms with E-state index in [0.29, 0.717) is 29.4 Å². The fourth-order valence-corrected chi connectivity index (χ4v) is 3.25. The molecule has 0 amide bonds. The quantitative estimate of drug-likeness (QED) is 0.501. The predicted molar refractivity (Wildman–Crippen MR) is 97.9 cm³/mol. The topological polar surface area (TPSA) is 76.4 Å². The molecule has 0 saturated heterocycles. The minimum atomic E-state index is 0.549. The van der Waals surface area contributed by atoms with Crippen LogP contribution in [0.2, 0.25) is 0 Å². The predicted octanol–water partition coefficient (Wildman–Crippen LogP) is 3.69.